The molecule has 4 nitrogen and oxygen atoms in total. The van der Waals surface area contributed by atoms with E-state index in [1.165, 1.54) is 0 Å². The third-order valence-corrected chi connectivity index (χ3v) is 0.786. The number of carbonyl (C=O) groups excluding carboxylic acids is 1. The van der Waals surface area contributed by atoms with Gasteiger partial charge in [-0.2, -0.15) is 5.26 Å². The Balaban J connectivity index is 3.40. The van der Waals surface area contributed by atoms with E-state index in [0.717, 1.165) is 0 Å². The molecule has 0 aliphatic carbocycles. The summed E-state index contributed by atoms with van der Waals surface area (Å²) in [4.78, 5) is 10.1. The summed E-state index contributed by atoms with van der Waals surface area (Å²) in [7, 11) is 0. The lowest BCUT2D eigenvalue weighted by Gasteiger charge is -2.05. The van der Waals surface area contributed by atoms with Crippen molar-refractivity contribution in [3.05, 3.63) is 0 Å². The van der Waals surface area contributed by atoms with Crippen LogP contribution in [-0.2, 0) is 0 Å². The van der Waals surface area contributed by atoms with E-state index in [1.807, 2.05) is 6.07 Å². The maximum atomic E-state index is 10.1. The average Bonchev–Trinajstić information content (AvgIpc) is 1.63. The number of carbonyl (C=O) groups is 1. The van der Waals surface area contributed by atoms with E-state index >= 15 is 0 Å². The van der Waals surface area contributed by atoms with E-state index in [9.17, 15) is 4.79 Å². The topological polar surface area (TPSA) is 78.9 Å². The van der Waals surface area contributed by atoms with Crippen molar-refractivity contribution < 1.29 is 4.79 Å². The zero-order valence-corrected chi connectivity index (χ0v) is 5.22. The Kier molecular flexibility index (Phi) is 3.21. The normalized spacial score (nSPS) is 11.6. The third-order valence-electron chi connectivity index (χ3n) is 0.786. The van der Waals surface area contributed by atoms with Gasteiger partial charge in [0.25, 0.3) is 0 Å². The molecule has 0 aliphatic heterocycles. The summed E-state index contributed by atoms with van der Waals surface area (Å²) in [5.41, 5.74) is 4.76. The molecule has 0 fully saturated rings. The van der Waals surface area contributed by atoms with Gasteiger partial charge >= 0.3 is 6.03 Å². The number of rotatable bonds is 2. The summed E-state index contributed by atoms with van der Waals surface area (Å²) in [5, 5.41) is 10.5. The summed E-state index contributed by atoms with van der Waals surface area (Å²) in [6, 6.07) is 1.17. The first-order valence-electron chi connectivity index (χ1n) is 2.59. The molecule has 0 aromatic heterocycles. The molecule has 0 heterocycles. The predicted molar refractivity (Wildman–Crippen MR) is 32.4 cm³/mol. The van der Waals surface area contributed by atoms with Gasteiger partial charge in [0.2, 0.25) is 0 Å². The van der Waals surface area contributed by atoms with Crippen LogP contribution in [0, 0.1) is 11.3 Å². The van der Waals surface area contributed by atoms with Crippen molar-refractivity contribution in [1.29, 1.82) is 5.26 Å². The summed E-state index contributed by atoms with van der Waals surface area (Å²) in [6.45, 7) is 1.72. The van der Waals surface area contributed by atoms with Crippen LogP contribution in [0.3, 0.4) is 0 Å². The van der Waals surface area contributed by atoms with Gasteiger partial charge in [-0.25, -0.2) is 4.79 Å². The molecular weight excluding hydrogens is 118 g/mol. The van der Waals surface area contributed by atoms with Crippen LogP contribution in [0.1, 0.15) is 13.3 Å². The van der Waals surface area contributed by atoms with Crippen molar-refractivity contribution in [2.45, 2.75) is 19.4 Å². The zero-order valence-electron chi connectivity index (χ0n) is 5.22. The summed E-state index contributed by atoms with van der Waals surface area (Å²) < 4.78 is 0. The molecule has 0 spiro atoms. The second kappa shape index (κ2) is 3.72. The van der Waals surface area contributed by atoms with Crippen molar-refractivity contribution in [2.24, 2.45) is 5.73 Å². The number of amides is 2. The number of nitrogens with two attached hydrogens (primary N) is 1. The Morgan fingerprint density at radius 1 is 2.00 bits per heavy atom. The minimum atomic E-state index is -0.585. The molecule has 0 saturated heterocycles. The Morgan fingerprint density at radius 3 is 2.89 bits per heavy atom. The van der Waals surface area contributed by atoms with Crippen molar-refractivity contribution in [2.75, 3.05) is 0 Å². The molecule has 0 aromatic carbocycles. The molecule has 1 atom stereocenters. The Labute approximate surface area is 53.6 Å². The lowest BCUT2D eigenvalue weighted by molar-refractivity contribution is 0.246. The SMILES string of the molecule is CC(CC#N)NC(N)=O. The number of nitriles is 1. The monoisotopic (exact) mass is 127 g/mol. The van der Waals surface area contributed by atoms with E-state index in [-0.39, 0.29) is 6.04 Å². The molecule has 0 bridgehead atoms. The van der Waals surface area contributed by atoms with Gasteiger partial charge in [-0.15, -0.1) is 0 Å². The van der Waals surface area contributed by atoms with Gasteiger partial charge in [-0.1, -0.05) is 0 Å². The van der Waals surface area contributed by atoms with Gasteiger partial charge in [0.15, 0.2) is 0 Å². The molecule has 1 unspecified atom stereocenters. The fourth-order valence-corrected chi connectivity index (χ4v) is 0.431. The quantitative estimate of drug-likeness (QED) is 0.545. The minimum Gasteiger partial charge on any atom is -0.352 e. The highest BCUT2D eigenvalue weighted by atomic mass is 16.2. The number of hydrogen-bond acceptors (Lipinski definition) is 2. The van der Waals surface area contributed by atoms with E-state index in [4.69, 9.17) is 11.0 Å². The van der Waals surface area contributed by atoms with Gasteiger partial charge in [-0.3, -0.25) is 0 Å². The van der Waals surface area contributed by atoms with Crippen molar-refractivity contribution in [3.8, 4) is 6.07 Å². The fraction of sp³-hybridized carbons (Fsp3) is 0.600. The Bertz CT molecular complexity index is 138. The second-order valence-corrected chi connectivity index (χ2v) is 1.77. The van der Waals surface area contributed by atoms with Gasteiger partial charge in [0.1, 0.15) is 0 Å². The van der Waals surface area contributed by atoms with Crippen LogP contribution in [0.4, 0.5) is 4.79 Å². The third kappa shape index (κ3) is 4.62. The maximum absolute atomic E-state index is 10.1. The van der Waals surface area contributed by atoms with E-state index in [1.54, 1.807) is 6.92 Å². The first kappa shape index (κ1) is 7.76. The van der Waals surface area contributed by atoms with Crippen LogP contribution >= 0.6 is 0 Å². The number of nitrogens with zero attached hydrogens (tertiary/aromatic N) is 1. The molecule has 0 aromatic rings. The number of hydrogen-bond donors (Lipinski definition) is 2. The number of primary amides is 1. The van der Waals surface area contributed by atoms with Crippen molar-refractivity contribution >= 4 is 6.03 Å². The smallest absolute Gasteiger partial charge is 0.312 e. The molecule has 0 radical (unpaired) electrons. The molecule has 0 rings (SSSR count). The molecule has 50 valence electrons. The molecular formula is C5H9N3O. The zero-order chi connectivity index (χ0) is 7.28. The largest absolute Gasteiger partial charge is 0.352 e. The average molecular weight is 127 g/mol. The highest BCUT2D eigenvalue weighted by Crippen LogP contribution is 1.85. The van der Waals surface area contributed by atoms with Crippen LogP contribution in [0.2, 0.25) is 0 Å². The van der Waals surface area contributed by atoms with Crippen molar-refractivity contribution in [1.82, 2.24) is 5.32 Å². The molecule has 0 saturated carbocycles. The van der Waals surface area contributed by atoms with Crippen LogP contribution < -0.4 is 11.1 Å². The summed E-state index contributed by atoms with van der Waals surface area (Å²) in [6.07, 6.45) is 0.295. The predicted octanol–water partition coefficient (Wildman–Crippen LogP) is -0.0431. The standard InChI is InChI=1S/C5H9N3O/c1-4(2-3-6)8-5(7)9/h4H,2H2,1H3,(H3,7,8,9). The highest BCUT2D eigenvalue weighted by molar-refractivity contribution is 5.71. The maximum Gasteiger partial charge on any atom is 0.312 e. The van der Waals surface area contributed by atoms with Gasteiger partial charge in [-0.05, 0) is 6.92 Å². The second-order valence-electron chi connectivity index (χ2n) is 1.77. The van der Waals surface area contributed by atoms with Crippen LogP contribution in [0.5, 0.6) is 0 Å². The first-order chi connectivity index (χ1) is 4.16. The molecule has 0 aliphatic rings. The van der Waals surface area contributed by atoms with E-state index < -0.39 is 6.03 Å². The Morgan fingerprint density at radius 2 is 2.56 bits per heavy atom. The van der Waals surface area contributed by atoms with Crippen molar-refractivity contribution in [3.63, 3.8) is 0 Å². The molecule has 9 heavy (non-hydrogen) atoms. The van der Waals surface area contributed by atoms with Crippen LogP contribution in [-0.4, -0.2) is 12.1 Å². The highest BCUT2D eigenvalue weighted by Gasteiger charge is 2.00. The number of urea groups is 1. The lowest BCUT2D eigenvalue weighted by atomic mass is 10.3. The fourth-order valence-electron chi connectivity index (χ4n) is 0.431. The number of nitrogens with one attached hydrogen (secondary N) is 1. The van der Waals surface area contributed by atoms with Gasteiger partial charge < -0.3 is 11.1 Å². The molecule has 3 N–H and O–H groups in total. The van der Waals surface area contributed by atoms with Crippen LogP contribution in [0.15, 0.2) is 0 Å². The van der Waals surface area contributed by atoms with E-state index in [2.05, 4.69) is 5.32 Å². The first-order valence-corrected chi connectivity index (χ1v) is 2.59. The molecule has 2 amide bonds. The van der Waals surface area contributed by atoms with Crippen LogP contribution in [0.25, 0.3) is 0 Å². The summed E-state index contributed by atoms with van der Waals surface area (Å²) >= 11 is 0. The van der Waals surface area contributed by atoms with E-state index in [0.29, 0.717) is 6.42 Å². The minimum absolute atomic E-state index is 0.146. The Hall–Kier alpha value is -1.24. The van der Waals surface area contributed by atoms with Gasteiger partial charge in [0, 0.05) is 6.04 Å². The van der Waals surface area contributed by atoms with Gasteiger partial charge in [0.05, 0.1) is 12.5 Å². The molecule has 4 heteroatoms. The summed E-state index contributed by atoms with van der Waals surface area (Å²) in [5.74, 6) is 0. The lowest BCUT2D eigenvalue weighted by Crippen LogP contribution is -2.36.